The van der Waals surface area contributed by atoms with Crippen molar-refractivity contribution < 1.29 is 9.59 Å². The lowest BCUT2D eigenvalue weighted by atomic mass is 10.1. The highest BCUT2D eigenvalue weighted by Gasteiger charge is 2.44. The van der Waals surface area contributed by atoms with Crippen LogP contribution in [0.15, 0.2) is 48.5 Å². The Morgan fingerprint density at radius 3 is 2.70 bits per heavy atom. The molecule has 1 aliphatic rings. The number of halogens is 1. The van der Waals surface area contributed by atoms with Gasteiger partial charge in [0.2, 0.25) is 11.8 Å². The van der Waals surface area contributed by atoms with E-state index >= 15 is 0 Å². The van der Waals surface area contributed by atoms with Crippen molar-refractivity contribution in [1.82, 2.24) is 5.32 Å². The van der Waals surface area contributed by atoms with Crippen molar-refractivity contribution in [2.45, 2.75) is 18.9 Å². The third kappa shape index (κ3) is 3.54. The van der Waals surface area contributed by atoms with Crippen LogP contribution in [0.3, 0.4) is 0 Å². The van der Waals surface area contributed by atoms with Gasteiger partial charge < -0.3 is 11.1 Å². The number of nitrogens with two attached hydrogens (primary N) is 1. The third-order valence-corrected chi connectivity index (χ3v) is 4.45. The SMILES string of the molecule is NC(=O)c1cccc(CNC(=O)C2CC2c2ccccc2Cl)c1. The Labute approximate surface area is 139 Å². The third-order valence-electron chi connectivity index (χ3n) is 4.11. The number of hydrogen-bond donors (Lipinski definition) is 2. The Morgan fingerprint density at radius 1 is 1.17 bits per heavy atom. The molecule has 0 bridgehead atoms. The van der Waals surface area contributed by atoms with Crippen molar-refractivity contribution in [3.63, 3.8) is 0 Å². The van der Waals surface area contributed by atoms with Gasteiger partial charge in [0.25, 0.3) is 0 Å². The van der Waals surface area contributed by atoms with Crippen LogP contribution in [0, 0.1) is 5.92 Å². The van der Waals surface area contributed by atoms with E-state index in [1.807, 2.05) is 30.3 Å². The molecule has 3 N–H and O–H groups in total. The molecule has 4 nitrogen and oxygen atoms in total. The second-order valence-electron chi connectivity index (χ2n) is 5.75. The summed E-state index contributed by atoms with van der Waals surface area (Å²) in [5.41, 5.74) is 7.58. The first-order valence-corrected chi connectivity index (χ1v) is 7.85. The van der Waals surface area contributed by atoms with Crippen LogP contribution in [0.4, 0.5) is 0 Å². The molecule has 0 aliphatic heterocycles. The van der Waals surface area contributed by atoms with Crippen LogP contribution < -0.4 is 11.1 Å². The molecule has 0 aromatic heterocycles. The standard InChI is InChI=1S/C18H17ClN2O2/c19-16-7-2-1-6-13(16)14-9-15(14)18(23)21-10-11-4-3-5-12(8-11)17(20)22/h1-8,14-15H,9-10H2,(H2,20,22)(H,21,23). The van der Waals surface area contributed by atoms with E-state index in [4.69, 9.17) is 17.3 Å². The molecule has 1 fully saturated rings. The summed E-state index contributed by atoms with van der Waals surface area (Å²) in [6.45, 7) is 0.381. The van der Waals surface area contributed by atoms with Crippen LogP contribution >= 0.6 is 11.6 Å². The Morgan fingerprint density at radius 2 is 1.96 bits per heavy atom. The number of carbonyl (C=O) groups excluding carboxylic acids is 2. The van der Waals surface area contributed by atoms with Crippen LogP contribution in [0.2, 0.25) is 5.02 Å². The van der Waals surface area contributed by atoms with Crippen molar-refractivity contribution in [3.05, 3.63) is 70.2 Å². The molecule has 1 saturated carbocycles. The first-order chi connectivity index (χ1) is 11.1. The van der Waals surface area contributed by atoms with Gasteiger partial charge in [0.1, 0.15) is 0 Å². The van der Waals surface area contributed by atoms with E-state index < -0.39 is 5.91 Å². The molecule has 2 atom stereocenters. The fourth-order valence-electron chi connectivity index (χ4n) is 2.76. The molecule has 2 aromatic carbocycles. The van der Waals surface area contributed by atoms with Crippen LogP contribution in [-0.2, 0) is 11.3 Å². The van der Waals surface area contributed by atoms with E-state index in [1.165, 1.54) is 0 Å². The monoisotopic (exact) mass is 328 g/mol. The van der Waals surface area contributed by atoms with Gasteiger partial charge in [-0.1, -0.05) is 41.9 Å². The summed E-state index contributed by atoms with van der Waals surface area (Å²) >= 11 is 6.17. The second-order valence-corrected chi connectivity index (χ2v) is 6.16. The topological polar surface area (TPSA) is 72.2 Å². The molecule has 118 valence electrons. The molecule has 0 radical (unpaired) electrons. The number of amides is 2. The molecular formula is C18H17ClN2O2. The Hall–Kier alpha value is -2.33. The maximum Gasteiger partial charge on any atom is 0.248 e. The van der Waals surface area contributed by atoms with E-state index in [1.54, 1.807) is 18.2 Å². The molecule has 2 amide bonds. The predicted octanol–water partition coefficient (Wildman–Crippen LogP) is 2.86. The summed E-state index contributed by atoms with van der Waals surface area (Å²) in [6.07, 6.45) is 0.816. The summed E-state index contributed by atoms with van der Waals surface area (Å²) in [7, 11) is 0. The van der Waals surface area contributed by atoms with E-state index in [-0.39, 0.29) is 17.7 Å². The average molecular weight is 329 g/mol. The van der Waals surface area contributed by atoms with Gasteiger partial charge in [-0.3, -0.25) is 9.59 Å². The molecule has 23 heavy (non-hydrogen) atoms. The number of primary amides is 1. The summed E-state index contributed by atoms with van der Waals surface area (Å²) < 4.78 is 0. The molecule has 0 spiro atoms. The number of benzene rings is 2. The number of carbonyl (C=O) groups is 2. The van der Waals surface area contributed by atoms with Crippen LogP contribution in [0.1, 0.15) is 33.8 Å². The highest BCUT2D eigenvalue weighted by atomic mass is 35.5. The minimum atomic E-state index is -0.473. The minimum absolute atomic E-state index is 0.0133. The lowest BCUT2D eigenvalue weighted by Crippen LogP contribution is -2.25. The summed E-state index contributed by atoms with van der Waals surface area (Å²) in [5, 5.41) is 3.62. The molecule has 1 aliphatic carbocycles. The maximum absolute atomic E-state index is 12.2. The van der Waals surface area contributed by atoms with Gasteiger partial charge in [-0.2, -0.15) is 0 Å². The zero-order valence-corrected chi connectivity index (χ0v) is 13.2. The van der Waals surface area contributed by atoms with E-state index in [0.717, 1.165) is 17.5 Å². The van der Waals surface area contributed by atoms with E-state index in [9.17, 15) is 9.59 Å². The molecule has 0 saturated heterocycles. The smallest absolute Gasteiger partial charge is 0.248 e. The first kappa shape index (κ1) is 15.6. The fourth-order valence-corrected chi connectivity index (χ4v) is 3.03. The normalized spacial score (nSPS) is 19.2. The molecule has 2 unspecified atom stereocenters. The predicted molar refractivity (Wildman–Crippen MR) is 89.1 cm³/mol. The summed E-state index contributed by atoms with van der Waals surface area (Å²) in [6, 6.07) is 14.6. The van der Waals surface area contributed by atoms with Crippen molar-refractivity contribution >= 4 is 23.4 Å². The number of hydrogen-bond acceptors (Lipinski definition) is 2. The zero-order chi connectivity index (χ0) is 16.4. The first-order valence-electron chi connectivity index (χ1n) is 7.47. The molecule has 5 heteroatoms. The lowest BCUT2D eigenvalue weighted by molar-refractivity contribution is -0.122. The molecule has 2 aromatic rings. The van der Waals surface area contributed by atoms with Gasteiger partial charge in [0.15, 0.2) is 0 Å². The van der Waals surface area contributed by atoms with Crippen LogP contribution in [-0.4, -0.2) is 11.8 Å². The quantitative estimate of drug-likeness (QED) is 0.885. The lowest BCUT2D eigenvalue weighted by Gasteiger charge is -2.07. The highest BCUT2D eigenvalue weighted by Crippen LogP contribution is 2.49. The minimum Gasteiger partial charge on any atom is -0.366 e. The fraction of sp³-hybridized carbons (Fsp3) is 0.222. The average Bonchev–Trinajstić information content (AvgIpc) is 3.34. The van der Waals surface area contributed by atoms with Crippen LogP contribution in [0.25, 0.3) is 0 Å². The zero-order valence-electron chi connectivity index (χ0n) is 12.5. The van der Waals surface area contributed by atoms with Gasteiger partial charge >= 0.3 is 0 Å². The van der Waals surface area contributed by atoms with Crippen molar-refractivity contribution in [3.8, 4) is 0 Å². The van der Waals surface area contributed by atoms with Gasteiger partial charge in [-0.05, 0) is 41.7 Å². The maximum atomic E-state index is 12.2. The molecular weight excluding hydrogens is 312 g/mol. The molecule has 3 rings (SSSR count). The van der Waals surface area contributed by atoms with E-state index in [2.05, 4.69) is 5.32 Å². The Kier molecular flexibility index (Phi) is 4.35. The summed E-state index contributed by atoms with van der Waals surface area (Å²) in [5.74, 6) is -0.298. The Bertz CT molecular complexity index is 760. The number of rotatable bonds is 5. The van der Waals surface area contributed by atoms with Gasteiger partial charge in [0.05, 0.1) is 0 Å². The van der Waals surface area contributed by atoms with E-state index in [0.29, 0.717) is 17.1 Å². The highest BCUT2D eigenvalue weighted by molar-refractivity contribution is 6.31. The second kappa shape index (κ2) is 6.42. The van der Waals surface area contributed by atoms with Gasteiger partial charge in [-0.25, -0.2) is 0 Å². The van der Waals surface area contributed by atoms with Crippen molar-refractivity contribution in [2.24, 2.45) is 11.7 Å². The summed E-state index contributed by atoms with van der Waals surface area (Å²) in [4.78, 5) is 23.4. The largest absolute Gasteiger partial charge is 0.366 e. The van der Waals surface area contributed by atoms with Gasteiger partial charge in [0, 0.05) is 23.0 Å². The number of nitrogens with one attached hydrogen (secondary N) is 1. The molecule has 0 heterocycles. The van der Waals surface area contributed by atoms with Crippen LogP contribution in [0.5, 0.6) is 0 Å². The Balaban J connectivity index is 1.58. The van der Waals surface area contributed by atoms with Crippen molar-refractivity contribution in [1.29, 1.82) is 0 Å². The van der Waals surface area contributed by atoms with Crippen molar-refractivity contribution in [2.75, 3.05) is 0 Å². The van der Waals surface area contributed by atoms with Gasteiger partial charge in [-0.15, -0.1) is 0 Å².